The average Bonchev–Trinajstić information content (AvgIpc) is 2.29. The summed E-state index contributed by atoms with van der Waals surface area (Å²) < 4.78 is 5.77. The molecule has 16 heavy (non-hydrogen) atoms. The summed E-state index contributed by atoms with van der Waals surface area (Å²) >= 11 is 0. The zero-order valence-electron chi connectivity index (χ0n) is 9.84. The topological polar surface area (TPSA) is 9.23 Å². The molecule has 0 amide bonds. The molecule has 1 heterocycles. The SMILES string of the molecule is C=C(C#CC)C1OCCc2c(C)cccc21. The van der Waals surface area contributed by atoms with Crippen molar-refractivity contribution >= 4 is 0 Å². The number of ether oxygens (including phenoxy) is 1. The molecule has 0 fully saturated rings. The summed E-state index contributed by atoms with van der Waals surface area (Å²) in [5.41, 5.74) is 4.83. The number of rotatable bonds is 1. The van der Waals surface area contributed by atoms with Gasteiger partial charge in [0.1, 0.15) is 6.10 Å². The molecule has 2 rings (SSSR count). The molecule has 1 aromatic rings. The normalized spacial score (nSPS) is 18.2. The fourth-order valence-corrected chi connectivity index (χ4v) is 2.20. The first kappa shape index (κ1) is 11.0. The number of benzene rings is 1. The summed E-state index contributed by atoms with van der Waals surface area (Å²) in [6.07, 6.45) is 0.946. The van der Waals surface area contributed by atoms with Gasteiger partial charge in [0.05, 0.1) is 6.61 Å². The molecule has 0 N–H and O–H groups in total. The Bertz CT molecular complexity index is 474. The van der Waals surface area contributed by atoms with Crippen LogP contribution >= 0.6 is 0 Å². The van der Waals surface area contributed by atoms with Crippen LogP contribution in [0.15, 0.2) is 30.4 Å². The predicted octanol–water partition coefficient (Wildman–Crippen LogP) is 3.19. The molecule has 0 bridgehead atoms. The number of fused-ring (bicyclic) bond motifs is 1. The predicted molar refractivity (Wildman–Crippen MR) is 66.2 cm³/mol. The van der Waals surface area contributed by atoms with E-state index < -0.39 is 0 Å². The first-order valence-electron chi connectivity index (χ1n) is 5.55. The van der Waals surface area contributed by atoms with Gasteiger partial charge < -0.3 is 4.74 Å². The molecule has 0 aliphatic carbocycles. The molecule has 1 atom stereocenters. The standard InChI is InChI=1S/C15H16O/c1-4-6-12(3)15-14-8-5-7-11(2)13(14)9-10-16-15/h5,7-8,15H,3,9-10H2,1-2H3. The third-order valence-corrected chi connectivity index (χ3v) is 2.97. The largest absolute Gasteiger partial charge is 0.368 e. The van der Waals surface area contributed by atoms with Crippen molar-refractivity contribution < 1.29 is 4.74 Å². The Morgan fingerprint density at radius 1 is 1.50 bits per heavy atom. The summed E-state index contributed by atoms with van der Waals surface area (Å²) in [5.74, 6) is 5.89. The number of aryl methyl sites for hydroxylation is 1. The van der Waals surface area contributed by atoms with E-state index >= 15 is 0 Å². The van der Waals surface area contributed by atoms with Gasteiger partial charge in [-0.05, 0) is 37.0 Å². The second kappa shape index (κ2) is 4.55. The lowest BCUT2D eigenvalue weighted by atomic mass is 9.91. The molecule has 1 aromatic carbocycles. The van der Waals surface area contributed by atoms with E-state index in [0.717, 1.165) is 18.6 Å². The summed E-state index contributed by atoms with van der Waals surface area (Å²) in [4.78, 5) is 0. The van der Waals surface area contributed by atoms with Gasteiger partial charge in [0.2, 0.25) is 0 Å². The summed E-state index contributed by atoms with van der Waals surface area (Å²) in [7, 11) is 0. The Morgan fingerprint density at radius 2 is 2.31 bits per heavy atom. The van der Waals surface area contributed by atoms with Crippen LogP contribution in [0.25, 0.3) is 0 Å². The van der Waals surface area contributed by atoms with Crippen molar-refractivity contribution in [2.75, 3.05) is 6.61 Å². The fourth-order valence-electron chi connectivity index (χ4n) is 2.20. The highest BCUT2D eigenvalue weighted by atomic mass is 16.5. The van der Waals surface area contributed by atoms with Gasteiger partial charge in [0.25, 0.3) is 0 Å². The zero-order valence-corrected chi connectivity index (χ0v) is 9.84. The van der Waals surface area contributed by atoms with Crippen molar-refractivity contribution in [3.05, 3.63) is 47.0 Å². The lowest BCUT2D eigenvalue weighted by molar-refractivity contribution is 0.0702. The van der Waals surface area contributed by atoms with Gasteiger partial charge in [0, 0.05) is 5.57 Å². The molecule has 82 valence electrons. The van der Waals surface area contributed by atoms with E-state index in [-0.39, 0.29) is 6.10 Å². The first-order valence-corrected chi connectivity index (χ1v) is 5.55. The van der Waals surface area contributed by atoms with Crippen LogP contribution in [0.3, 0.4) is 0 Å². The quantitative estimate of drug-likeness (QED) is 0.650. The molecule has 1 unspecified atom stereocenters. The van der Waals surface area contributed by atoms with E-state index in [4.69, 9.17) is 4.74 Å². The van der Waals surface area contributed by atoms with Crippen LogP contribution in [0, 0.1) is 18.8 Å². The van der Waals surface area contributed by atoms with Gasteiger partial charge in [-0.1, -0.05) is 30.7 Å². The van der Waals surface area contributed by atoms with Gasteiger partial charge in [-0.2, -0.15) is 0 Å². The molecule has 0 spiro atoms. The highest BCUT2D eigenvalue weighted by Gasteiger charge is 2.23. The summed E-state index contributed by atoms with van der Waals surface area (Å²) in [6.45, 7) is 8.73. The van der Waals surface area contributed by atoms with Gasteiger partial charge in [0.15, 0.2) is 0 Å². The molecule has 1 aliphatic rings. The van der Waals surface area contributed by atoms with E-state index in [1.54, 1.807) is 0 Å². The van der Waals surface area contributed by atoms with E-state index in [9.17, 15) is 0 Å². The highest BCUT2D eigenvalue weighted by Crippen LogP contribution is 2.33. The maximum Gasteiger partial charge on any atom is 0.115 e. The Kier molecular flexibility index (Phi) is 3.12. The molecule has 1 heteroatoms. The first-order chi connectivity index (χ1) is 7.74. The third kappa shape index (κ3) is 1.89. The Labute approximate surface area is 97.1 Å². The van der Waals surface area contributed by atoms with Crippen LogP contribution in [0.5, 0.6) is 0 Å². The van der Waals surface area contributed by atoms with Crippen LogP contribution in [-0.2, 0) is 11.2 Å². The van der Waals surface area contributed by atoms with Crippen LogP contribution < -0.4 is 0 Å². The second-order valence-corrected chi connectivity index (χ2v) is 4.04. The molecular weight excluding hydrogens is 196 g/mol. The fraction of sp³-hybridized carbons (Fsp3) is 0.333. The maximum absolute atomic E-state index is 5.77. The molecule has 0 saturated heterocycles. The van der Waals surface area contributed by atoms with Crippen molar-refractivity contribution in [3.8, 4) is 11.8 Å². The minimum absolute atomic E-state index is 0.0453. The van der Waals surface area contributed by atoms with Crippen molar-refractivity contribution in [1.82, 2.24) is 0 Å². The van der Waals surface area contributed by atoms with Gasteiger partial charge in [-0.3, -0.25) is 0 Å². The molecule has 1 nitrogen and oxygen atoms in total. The van der Waals surface area contributed by atoms with Crippen molar-refractivity contribution in [1.29, 1.82) is 0 Å². The smallest absolute Gasteiger partial charge is 0.115 e. The third-order valence-electron chi connectivity index (χ3n) is 2.97. The van der Waals surface area contributed by atoms with Crippen LogP contribution in [-0.4, -0.2) is 6.61 Å². The van der Waals surface area contributed by atoms with Crippen molar-refractivity contribution in [2.24, 2.45) is 0 Å². The van der Waals surface area contributed by atoms with Crippen molar-refractivity contribution in [2.45, 2.75) is 26.4 Å². The molecule has 0 saturated carbocycles. The number of hydrogen-bond acceptors (Lipinski definition) is 1. The van der Waals surface area contributed by atoms with Gasteiger partial charge >= 0.3 is 0 Å². The average molecular weight is 212 g/mol. The van der Waals surface area contributed by atoms with E-state index in [1.807, 2.05) is 6.92 Å². The van der Waals surface area contributed by atoms with Crippen LogP contribution in [0.4, 0.5) is 0 Å². The Morgan fingerprint density at radius 3 is 3.06 bits per heavy atom. The van der Waals surface area contributed by atoms with Gasteiger partial charge in [-0.15, -0.1) is 5.92 Å². The lowest BCUT2D eigenvalue weighted by Gasteiger charge is -2.27. The van der Waals surface area contributed by atoms with E-state index in [0.29, 0.717) is 0 Å². The van der Waals surface area contributed by atoms with Crippen molar-refractivity contribution in [3.63, 3.8) is 0 Å². The molecule has 0 aromatic heterocycles. The van der Waals surface area contributed by atoms with E-state index in [2.05, 4.69) is 43.5 Å². The highest BCUT2D eigenvalue weighted by molar-refractivity contribution is 5.44. The zero-order chi connectivity index (χ0) is 11.5. The minimum Gasteiger partial charge on any atom is -0.368 e. The van der Waals surface area contributed by atoms with Crippen LogP contribution in [0.1, 0.15) is 29.7 Å². The molecule has 0 radical (unpaired) electrons. The molecular formula is C15H16O. The lowest BCUT2D eigenvalue weighted by Crippen LogP contribution is -2.18. The van der Waals surface area contributed by atoms with Gasteiger partial charge in [-0.25, -0.2) is 0 Å². The monoisotopic (exact) mass is 212 g/mol. The Balaban J connectivity index is 2.43. The number of hydrogen-bond donors (Lipinski definition) is 0. The second-order valence-electron chi connectivity index (χ2n) is 4.04. The Hall–Kier alpha value is -1.52. The van der Waals surface area contributed by atoms with E-state index in [1.165, 1.54) is 16.7 Å². The molecule has 1 aliphatic heterocycles. The maximum atomic E-state index is 5.77. The summed E-state index contributed by atoms with van der Waals surface area (Å²) in [6, 6.07) is 6.34. The summed E-state index contributed by atoms with van der Waals surface area (Å²) in [5, 5.41) is 0. The minimum atomic E-state index is -0.0453. The van der Waals surface area contributed by atoms with Crippen LogP contribution in [0.2, 0.25) is 0 Å².